The molecule has 0 spiro atoms. The summed E-state index contributed by atoms with van der Waals surface area (Å²) in [5, 5.41) is 6.09. The van der Waals surface area contributed by atoms with E-state index in [4.69, 9.17) is 0 Å². The molecule has 2 N–H and O–H groups in total. The molecular formula is C7H15N3O. The molecule has 1 aliphatic heterocycles. The first-order chi connectivity index (χ1) is 5.20. The molecule has 0 radical (unpaired) electrons. The van der Waals surface area contributed by atoms with Gasteiger partial charge in [-0.3, -0.25) is 0 Å². The van der Waals surface area contributed by atoms with Crippen LogP contribution in [0.1, 0.15) is 6.42 Å². The second-order valence-electron chi connectivity index (χ2n) is 3.03. The van der Waals surface area contributed by atoms with Crippen LogP contribution in [0.25, 0.3) is 0 Å². The second kappa shape index (κ2) is 3.57. The van der Waals surface area contributed by atoms with E-state index in [-0.39, 0.29) is 6.03 Å². The van der Waals surface area contributed by atoms with E-state index < -0.39 is 0 Å². The molecule has 11 heavy (non-hydrogen) atoms. The van der Waals surface area contributed by atoms with Gasteiger partial charge in [0, 0.05) is 26.7 Å². The first kappa shape index (κ1) is 8.33. The molecule has 1 aliphatic rings. The predicted molar refractivity (Wildman–Crippen MR) is 43.5 cm³/mol. The van der Waals surface area contributed by atoms with Gasteiger partial charge in [-0.25, -0.2) is 4.79 Å². The summed E-state index contributed by atoms with van der Waals surface area (Å²) >= 11 is 0. The quantitative estimate of drug-likeness (QED) is 0.545. The highest BCUT2D eigenvalue weighted by Crippen LogP contribution is 1.96. The largest absolute Gasteiger partial charge is 0.334 e. The smallest absolute Gasteiger partial charge is 0.317 e. The van der Waals surface area contributed by atoms with E-state index in [1.807, 2.05) is 0 Å². The van der Waals surface area contributed by atoms with Crippen LogP contribution in [-0.2, 0) is 0 Å². The zero-order valence-electron chi connectivity index (χ0n) is 7.05. The van der Waals surface area contributed by atoms with Crippen LogP contribution in [0.2, 0.25) is 0 Å². The number of amides is 2. The number of nitrogens with zero attached hydrogens (tertiary/aromatic N) is 1. The van der Waals surface area contributed by atoms with Gasteiger partial charge in [0.1, 0.15) is 0 Å². The van der Waals surface area contributed by atoms with Gasteiger partial charge in [0.25, 0.3) is 0 Å². The lowest BCUT2D eigenvalue weighted by atomic mass is 10.3. The van der Waals surface area contributed by atoms with Crippen molar-refractivity contribution in [1.29, 1.82) is 0 Å². The maximum Gasteiger partial charge on any atom is 0.317 e. The number of hydrogen-bond acceptors (Lipinski definition) is 2. The van der Waals surface area contributed by atoms with Gasteiger partial charge in [0.05, 0.1) is 0 Å². The van der Waals surface area contributed by atoms with E-state index in [0.717, 1.165) is 19.5 Å². The number of rotatable bonds is 1. The summed E-state index contributed by atoms with van der Waals surface area (Å²) in [6.07, 6.45) is 1.04. The Balaban J connectivity index is 2.24. The minimum Gasteiger partial charge on any atom is -0.334 e. The summed E-state index contributed by atoms with van der Waals surface area (Å²) in [6.45, 7) is 1.91. The molecule has 2 amide bonds. The summed E-state index contributed by atoms with van der Waals surface area (Å²) in [5.41, 5.74) is 0. The molecule has 1 rings (SSSR count). The predicted octanol–water partition coefficient (Wildman–Crippen LogP) is -0.381. The first-order valence-electron chi connectivity index (χ1n) is 3.88. The molecule has 0 unspecified atom stereocenters. The molecule has 1 heterocycles. The molecule has 1 fully saturated rings. The summed E-state index contributed by atoms with van der Waals surface area (Å²) in [7, 11) is 3.50. The van der Waals surface area contributed by atoms with Crippen LogP contribution in [0.4, 0.5) is 4.79 Å². The van der Waals surface area contributed by atoms with Crippen molar-refractivity contribution in [3.8, 4) is 0 Å². The average Bonchev–Trinajstić information content (AvgIpc) is 2.39. The van der Waals surface area contributed by atoms with Crippen LogP contribution in [0.5, 0.6) is 0 Å². The third-order valence-corrected chi connectivity index (χ3v) is 1.79. The van der Waals surface area contributed by atoms with Crippen molar-refractivity contribution in [2.45, 2.75) is 12.5 Å². The summed E-state index contributed by atoms with van der Waals surface area (Å²) < 4.78 is 0. The van der Waals surface area contributed by atoms with Gasteiger partial charge >= 0.3 is 6.03 Å². The van der Waals surface area contributed by atoms with Crippen molar-refractivity contribution in [1.82, 2.24) is 15.5 Å². The fourth-order valence-electron chi connectivity index (χ4n) is 1.08. The SMILES string of the molecule is CN(C)C(=O)N[C@@H]1CCNC1. The number of hydrogen-bond donors (Lipinski definition) is 2. The third kappa shape index (κ3) is 2.38. The van der Waals surface area contributed by atoms with Crippen molar-refractivity contribution in [2.24, 2.45) is 0 Å². The van der Waals surface area contributed by atoms with E-state index in [9.17, 15) is 4.79 Å². The molecule has 1 saturated heterocycles. The lowest BCUT2D eigenvalue weighted by molar-refractivity contribution is 0.214. The zero-order valence-corrected chi connectivity index (χ0v) is 7.05. The standard InChI is InChI=1S/C7H15N3O/c1-10(2)7(11)9-6-3-4-8-5-6/h6,8H,3-5H2,1-2H3,(H,9,11)/t6-/m1/s1. The van der Waals surface area contributed by atoms with Crippen molar-refractivity contribution in [3.63, 3.8) is 0 Å². The molecule has 4 nitrogen and oxygen atoms in total. The van der Waals surface area contributed by atoms with Gasteiger partial charge < -0.3 is 15.5 Å². The van der Waals surface area contributed by atoms with E-state index in [1.54, 1.807) is 19.0 Å². The van der Waals surface area contributed by atoms with E-state index in [0.29, 0.717) is 6.04 Å². The summed E-state index contributed by atoms with van der Waals surface area (Å²) in [5.74, 6) is 0. The topological polar surface area (TPSA) is 44.4 Å². The highest BCUT2D eigenvalue weighted by atomic mass is 16.2. The molecule has 64 valence electrons. The molecule has 0 aromatic rings. The lowest BCUT2D eigenvalue weighted by Gasteiger charge is -2.15. The van der Waals surface area contributed by atoms with E-state index in [2.05, 4.69) is 10.6 Å². The summed E-state index contributed by atoms with van der Waals surface area (Å²) in [4.78, 5) is 12.6. The minimum atomic E-state index is -0.00120. The lowest BCUT2D eigenvalue weighted by Crippen LogP contribution is -2.42. The number of carbonyl (C=O) groups is 1. The molecule has 1 atom stereocenters. The highest BCUT2D eigenvalue weighted by Gasteiger charge is 2.16. The molecule has 0 bridgehead atoms. The third-order valence-electron chi connectivity index (χ3n) is 1.79. The second-order valence-corrected chi connectivity index (χ2v) is 3.03. The molecule has 0 aromatic heterocycles. The molecule has 0 saturated carbocycles. The van der Waals surface area contributed by atoms with Crippen molar-refractivity contribution in [2.75, 3.05) is 27.2 Å². The molecule has 0 aromatic carbocycles. The Bertz CT molecular complexity index is 141. The fraction of sp³-hybridized carbons (Fsp3) is 0.857. The van der Waals surface area contributed by atoms with Crippen molar-refractivity contribution >= 4 is 6.03 Å². The van der Waals surface area contributed by atoms with Gasteiger partial charge in [-0.1, -0.05) is 0 Å². The fourth-order valence-corrected chi connectivity index (χ4v) is 1.08. The van der Waals surface area contributed by atoms with Gasteiger partial charge in [0.2, 0.25) is 0 Å². The Morgan fingerprint density at radius 1 is 1.64 bits per heavy atom. The molecular weight excluding hydrogens is 142 g/mol. The molecule has 4 heteroatoms. The van der Waals surface area contributed by atoms with Crippen LogP contribution < -0.4 is 10.6 Å². The van der Waals surface area contributed by atoms with Crippen LogP contribution in [-0.4, -0.2) is 44.2 Å². The number of urea groups is 1. The van der Waals surface area contributed by atoms with Gasteiger partial charge in [-0.05, 0) is 13.0 Å². The highest BCUT2D eigenvalue weighted by molar-refractivity contribution is 5.73. The van der Waals surface area contributed by atoms with Crippen LogP contribution in [0.15, 0.2) is 0 Å². The number of nitrogens with one attached hydrogen (secondary N) is 2. The van der Waals surface area contributed by atoms with Gasteiger partial charge in [-0.15, -0.1) is 0 Å². The Morgan fingerprint density at radius 2 is 2.36 bits per heavy atom. The average molecular weight is 157 g/mol. The monoisotopic (exact) mass is 157 g/mol. The zero-order chi connectivity index (χ0) is 8.27. The van der Waals surface area contributed by atoms with E-state index >= 15 is 0 Å². The molecule has 0 aliphatic carbocycles. The normalized spacial score (nSPS) is 23.3. The van der Waals surface area contributed by atoms with Gasteiger partial charge in [-0.2, -0.15) is 0 Å². The van der Waals surface area contributed by atoms with Crippen molar-refractivity contribution in [3.05, 3.63) is 0 Å². The first-order valence-corrected chi connectivity index (χ1v) is 3.88. The van der Waals surface area contributed by atoms with Crippen LogP contribution in [0, 0.1) is 0 Å². The Morgan fingerprint density at radius 3 is 2.82 bits per heavy atom. The Kier molecular flexibility index (Phi) is 2.70. The maximum atomic E-state index is 11.1. The Labute approximate surface area is 66.9 Å². The van der Waals surface area contributed by atoms with Crippen LogP contribution >= 0.6 is 0 Å². The Hall–Kier alpha value is -0.770. The van der Waals surface area contributed by atoms with Gasteiger partial charge in [0.15, 0.2) is 0 Å². The van der Waals surface area contributed by atoms with Crippen molar-refractivity contribution < 1.29 is 4.79 Å². The summed E-state index contributed by atoms with van der Waals surface area (Å²) in [6, 6.07) is 0.323. The van der Waals surface area contributed by atoms with Crippen LogP contribution in [0.3, 0.4) is 0 Å². The minimum absolute atomic E-state index is 0.00120. The number of carbonyl (C=O) groups excluding carboxylic acids is 1. The maximum absolute atomic E-state index is 11.1. The van der Waals surface area contributed by atoms with E-state index in [1.165, 1.54) is 0 Å².